The summed E-state index contributed by atoms with van der Waals surface area (Å²) in [6.07, 6.45) is 0.0243. The first-order valence-corrected chi connectivity index (χ1v) is 7.04. The Bertz CT molecular complexity index is 722. The molecule has 0 bridgehead atoms. The number of H-pyrrole nitrogens is 1. The summed E-state index contributed by atoms with van der Waals surface area (Å²) in [7, 11) is 0. The third-order valence-corrected chi connectivity index (χ3v) is 4.13. The molecule has 0 radical (unpaired) electrons. The predicted molar refractivity (Wildman–Crippen MR) is 77.7 cm³/mol. The van der Waals surface area contributed by atoms with Gasteiger partial charge in [0.05, 0.1) is 6.42 Å². The molecule has 1 heterocycles. The van der Waals surface area contributed by atoms with E-state index in [1.165, 1.54) is 24.3 Å². The van der Waals surface area contributed by atoms with E-state index in [0.717, 1.165) is 16.6 Å². The molecule has 0 fully saturated rings. The Labute approximate surface area is 123 Å². The molecule has 0 aliphatic rings. The van der Waals surface area contributed by atoms with Crippen molar-refractivity contribution in [2.75, 3.05) is 5.32 Å². The molecule has 1 amide bonds. The Morgan fingerprint density at radius 3 is 2.70 bits per heavy atom. The minimum absolute atomic E-state index is 0.0243. The molecular weight excluding hydrogens is 302 g/mol. The number of nitrogens with one attached hydrogen (secondary N) is 2. The van der Waals surface area contributed by atoms with Gasteiger partial charge in [-0.1, -0.05) is 6.07 Å². The molecule has 0 saturated heterocycles. The first-order chi connectivity index (χ1) is 9.38. The van der Waals surface area contributed by atoms with Crippen molar-refractivity contribution < 1.29 is 13.6 Å². The fourth-order valence-corrected chi connectivity index (χ4v) is 3.00. The van der Waals surface area contributed by atoms with Crippen LogP contribution in [0.2, 0.25) is 0 Å². The largest absolute Gasteiger partial charge is 0.341 e. The second kappa shape index (κ2) is 5.80. The molecule has 0 aliphatic heterocycles. The number of halogens is 2. The average molecular weight is 314 g/mol. The molecule has 0 spiro atoms. The lowest BCUT2D eigenvalue weighted by Crippen LogP contribution is -2.16. The standard InChI is InChI=1S/C13H12F2N2OS2/c1-6-3-4-8(14)12(11(6)15)17-10(18)5-9-7(2)16-13(19)20-9/h3-4H,5H2,1-2H3,(H,16,19)(H,17,18). The van der Waals surface area contributed by atoms with Gasteiger partial charge in [-0.25, -0.2) is 8.78 Å². The van der Waals surface area contributed by atoms with Crippen LogP contribution in [-0.4, -0.2) is 10.9 Å². The third-order valence-electron chi connectivity index (χ3n) is 2.79. The maximum Gasteiger partial charge on any atom is 0.229 e. The Balaban J connectivity index is 2.19. The third kappa shape index (κ3) is 3.10. The number of hydrogen-bond donors (Lipinski definition) is 2. The van der Waals surface area contributed by atoms with E-state index in [2.05, 4.69) is 10.3 Å². The molecule has 7 heteroatoms. The summed E-state index contributed by atoms with van der Waals surface area (Å²) < 4.78 is 27.9. The maximum atomic E-state index is 13.8. The van der Waals surface area contributed by atoms with E-state index in [1.54, 1.807) is 6.92 Å². The van der Waals surface area contributed by atoms with Crippen LogP contribution in [-0.2, 0) is 11.2 Å². The van der Waals surface area contributed by atoms with Gasteiger partial charge in [0.1, 0.15) is 11.5 Å². The number of carbonyl (C=O) groups excluding carboxylic acids is 1. The van der Waals surface area contributed by atoms with E-state index in [-0.39, 0.29) is 12.0 Å². The lowest BCUT2D eigenvalue weighted by atomic mass is 10.2. The number of aryl methyl sites for hydroxylation is 2. The van der Waals surface area contributed by atoms with Crippen LogP contribution in [0.1, 0.15) is 16.1 Å². The highest BCUT2D eigenvalue weighted by Gasteiger charge is 2.15. The van der Waals surface area contributed by atoms with Crippen molar-refractivity contribution in [3.05, 3.63) is 43.9 Å². The Kier molecular flexibility index (Phi) is 4.29. The molecule has 2 aromatic rings. The van der Waals surface area contributed by atoms with E-state index in [4.69, 9.17) is 12.2 Å². The van der Waals surface area contributed by atoms with E-state index in [0.29, 0.717) is 3.95 Å². The molecule has 0 aliphatic carbocycles. The van der Waals surface area contributed by atoms with E-state index >= 15 is 0 Å². The second-order valence-electron chi connectivity index (χ2n) is 4.34. The fraction of sp³-hybridized carbons (Fsp3) is 0.231. The molecule has 2 rings (SSSR count). The zero-order chi connectivity index (χ0) is 14.9. The number of rotatable bonds is 3. The number of aromatic nitrogens is 1. The Morgan fingerprint density at radius 1 is 1.40 bits per heavy atom. The van der Waals surface area contributed by atoms with Crippen molar-refractivity contribution in [3.8, 4) is 0 Å². The summed E-state index contributed by atoms with van der Waals surface area (Å²) >= 11 is 6.25. The molecule has 0 unspecified atom stereocenters. The zero-order valence-corrected chi connectivity index (χ0v) is 12.5. The lowest BCUT2D eigenvalue weighted by Gasteiger charge is -2.09. The number of thiazole rings is 1. The van der Waals surface area contributed by atoms with E-state index < -0.39 is 23.2 Å². The Hall–Kier alpha value is -1.60. The molecule has 2 N–H and O–H groups in total. The van der Waals surface area contributed by atoms with Crippen molar-refractivity contribution in [1.82, 2.24) is 4.98 Å². The first kappa shape index (κ1) is 14.8. The minimum Gasteiger partial charge on any atom is -0.341 e. The molecule has 0 saturated carbocycles. The topological polar surface area (TPSA) is 44.9 Å². The van der Waals surface area contributed by atoms with Gasteiger partial charge < -0.3 is 10.3 Å². The van der Waals surface area contributed by atoms with Crippen molar-refractivity contribution in [2.45, 2.75) is 20.3 Å². The van der Waals surface area contributed by atoms with Gasteiger partial charge in [-0.3, -0.25) is 4.79 Å². The van der Waals surface area contributed by atoms with Crippen LogP contribution in [0.3, 0.4) is 0 Å². The molecule has 1 aromatic carbocycles. The van der Waals surface area contributed by atoms with Crippen molar-refractivity contribution in [2.24, 2.45) is 0 Å². The van der Waals surface area contributed by atoms with Crippen molar-refractivity contribution in [1.29, 1.82) is 0 Å². The number of aromatic amines is 1. The number of anilines is 1. The molecule has 106 valence electrons. The van der Waals surface area contributed by atoms with Gasteiger partial charge in [0.15, 0.2) is 9.77 Å². The zero-order valence-electron chi connectivity index (χ0n) is 10.8. The summed E-state index contributed by atoms with van der Waals surface area (Å²) in [5.74, 6) is -2.03. The summed E-state index contributed by atoms with van der Waals surface area (Å²) in [5, 5.41) is 2.27. The van der Waals surface area contributed by atoms with Crippen LogP contribution in [0.5, 0.6) is 0 Å². The molecule has 1 aromatic heterocycles. The predicted octanol–water partition coefficient (Wildman–Crippen LogP) is 3.88. The van der Waals surface area contributed by atoms with Gasteiger partial charge in [-0.05, 0) is 37.7 Å². The quantitative estimate of drug-likeness (QED) is 0.844. The van der Waals surface area contributed by atoms with Crippen molar-refractivity contribution in [3.63, 3.8) is 0 Å². The van der Waals surface area contributed by atoms with Crippen molar-refractivity contribution >= 4 is 35.1 Å². The van der Waals surface area contributed by atoms with Gasteiger partial charge in [-0.2, -0.15) is 0 Å². The van der Waals surface area contributed by atoms with E-state index in [9.17, 15) is 13.6 Å². The van der Waals surface area contributed by atoms with Crippen LogP contribution < -0.4 is 5.32 Å². The number of amides is 1. The number of carbonyl (C=O) groups is 1. The highest BCUT2D eigenvalue weighted by Crippen LogP contribution is 2.22. The van der Waals surface area contributed by atoms with Crippen LogP contribution in [0.4, 0.5) is 14.5 Å². The summed E-state index contributed by atoms with van der Waals surface area (Å²) in [5.41, 5.74) is 0.655. The second-order valence-corrected chi connectivity index (χ2v) is 6.11. The Morgan fingerprint density at radius 2 is 2.10 bits per heavy atom. The smallest absolute Gasteiger partial charge is 0.229 e. The normalized spacial score (nSPS) is 10.6. The lowest BCUT2D eigenvalue weighted by molar-refractivity contribution is -0.115. The van der Waals surface area contributed by atoms with Gasteiger partial charge in [0, 0.05) is 10.6 Å². The molecule has 3 nitrogen and oxygen atoms in total. The SMILES string of the molecule is Cc1ccc(F)c(NC(=O)Cc2sc(=S)[nH]c2C)c1F. The fourth-order valence-electron chi connectivity index (χ4n) is 1.71. The summed E-state index contributed by atoms with van der Waals surface area (Å²) in [4.78, 5) is 15.5. The molecular formula is C13H12F2N2OS2. The highest BCUT2D eigenvalue weighted by atomic mass is 32.1. The van der Waals surface area contributed by atoms with Crippen LogP contribution in [0.25, 0.3) is 0 Å². The average Bonchev–Trinajstić information content (AvgIpc) is 2.68. The van der Waals surface area contributed by atoms with Crippen LogP contribution in [0, 0.1) is 29.4 Å². The van der Waals surface area contributed by atoms with Crippen LogP contribution in [0.15, 0.2) is 12.1 Å². The maximum absolute atomic E-state index is 13.8. The minimum atomic E-state index is -0.792. The number of hydrogen-bond acceptors (Lipinski definition) is 3. The van der Waals surface area contributed by atoms with Gasteiger partial charge in [-0.15, -0.1) is 11.3 Å². The van der Waals surface area contributed by atoms with Gasteiger partial charge in [0.25, 0.3) is 0 Å². The monoisotopic (exact) mass is 314 g/mol. The first-order valence-electron chi connectivity index (χ1n) is 5.81. The van der Waals surface area contributed by atoms with Crippen LogP contribution >= 0.6 is 23.6 Å². The highest BCUT2D eigenvalue weighted by molar-refractivity contribution is 7.73. The van der Waals surface area contributed by atoms with Gasteiger partial charge in [0.2, 0.25) is 5.91 Å². The molecule has 0 atom stereocenters. The number of benzene rings is 1. The summed E-state index contributed by atoms with van der Waals surface area (Å²) in [6.45, 7) is 3.30. The molecule has 20 heavy (non-hydrogen) atoms. The summed E-state index contributed by atoms with van der Waals surface area (Å²) in [6, 6.07) is 2.45. The van der Waals surface area contributed by atoms with Gasteiger partial charge >= 0.3 is 0 Å². The van der Waals surface area contributed by atoms with E-state index in [1.807, 2.05) is 0 Å².